The third-order valence-electron chi connectivity index (χ3n) is 7.86. The van der Waals surface area contributed by atoms with Gasteiger partial charge in [0.25, 0.3) is 0 Å². The largest absolute Gasteiger partial charge is 0.491 e. The monoisotopic (exact) mass is 585 g/mol. The lowest BCUT2D eigenvalue weighted by Gasteiger charge is -2.48. The van der Waals surface area contributed by atoms with E-state index < -0.39 is 54.4 Å². The molecule has 1 amide bonds. The summed E-state index contributed by atoms with van der Waals surface area (Å²) in [4.78, 5) is 14.9. The third kappa shape index (κ3) is 6.17. The molecule has 2 saturated heterocycles. The molecule has 0 aromatic heterocycles. The smallest absolute Gasteiger partial charge is 0.233 e. The van der Waals surface area contributed by atoms with Gasteiger partial charge in [0.15, 0.2) is 6.29 Å². The molecule has 3 aromatic carbocycles. The van der Waals surface area contributed by atoms with Crippen molar-refractivity contribution in [3.63, 3.8) is 0 Å². The molecule has 0 saturated carbocycles. The number of aliphatic hydroxyl groups excluding tert-OH is 4. The summed E-state index contributed by atoms with van der Waals surface area (Å²) < 4.78 is 43.2. The molecule has 0 bridgehead atoms. The number of ether oxygens (including phenoxy) is 3. The lowest BCUT2D eigenvalue weighted by molar-refractivity contribution is -0.293. The van der Waals surface area contributed by atoms with Crippen LogP contribution in [0.1, 0.15) is 36.1 Å². The fourth-order valence-electron chi connectivity index (χ4n) is 5.48. The zero-order valence-corrected chi connectivity index (χ0v) is 22.8. The maximum atomic E-state index is 13.6. The maximum Gasteiger partial charge on any atom is 0.233 e. The molecule has 0 unspecified atom stereocenters. The molecule has 3 aromatic rings. The average Bonchev–Trinajstić information content (AvgIpc) is 3.00. The fourth-order valence-corrected chi connectivity index (χ4v) is 5.48. The normalized spacial score (nSPS) is 28.3. The van der Waals surface area contributed by atoms with Crippen molar-refractivity contribution < 1.29 is 48.2 Å². The maximum absolute atomic E-state index is 13.6. The van der Waals surface area contributed by atoms with E-state index in [2.05, 4.69) is 0 Å². The van der Waals surface area contributed by atoms with Crippen LogP contribution in [0.4, 0.5) is 14.5 Å². The molecule has 2 aliphatic heterocycles. The van der Waals surface area contributed by atoms with Crippen molar-refractivity contribution in [2.24, 2.45) is 5.92 Å². The van der Waals surface area contributed by atoms with Gasteiger partial charge >= 0.3 is 0 Å². The van der Waals surface area contributed by atoms with Crippen LogP contribution in [-0.4, -0.2) is 70.8 Å². The van der Waals surface area contributed by atoms with Crippen molar-refractivity contribution in [1.29, 1.82) is 0 Å². The summed E-state index contributed by atoms with van der Waals surface area (Å²) in [6.45, 7) is -0.127. The molecule has 8 atom stereocenters. The van der Waals surface area contributed by atoms with Gasteiger partial charge in [-0.15, -0.1) is 0 Å². The minimum atomic E-state index is -1.47. The Bertz CT molecular complexity index is 1340. The zero-order chi connectivity index (χ0) is 30.0. The Hall–Kier alpha value is -3.45. The molecule has 224 valence electrons. The number of rotatable bonds is 10. The summed E-state index contributed by atoms with van der Waals surface area (Å²) in [5.74, 6) is -1.00. The Balaban J connectivity index is 1.29. The quantitative estimate of drug-likeness (QED) is 0.268. The summed E-state index contributed by atoms with van der Waals surface area (Å²) in [5.41, 5.74) is 1.89. The number of halogens is 2. The molecule has 11 heteroatoms. The third-order valence-corrected chi connectivity index (χ3v) is 7.86. The number of hydrogen-bond donors (Lipinski definition) is 4. The van der Waals surface area contributed by atoms with Crippen LogP contribution >= 0.6 is 0 Å². The minimum Gasteiger partial charge on any atom is -0.491 e. The van der Waals surface area contributed by atoms with Crippen molar-refractivity contribution >= 4 is 11.6 Å². The van der Waals surface area contributed by atoms with Crippen LogP contribution in [0.2, 0.25) is 0 Å². The van der Waals surface area contributed by atoms with Gasteiger partial charge in [-0.1, -0.05) is 24.3 Å². The first-order chi connectivity index (χ1) is 20.2. The number of methoxy groups -OCH3 is 1. The van der Waals surface area contributed by atoms with Crippen molar-refractivity contribution in [2.45, 2.75) is 55.7 Å². The number of benzene rings is 3. The highest BCUT2D eigenvalue weighted by molar-refractivity contribution is 6.03. The van der Waals surface area contributed by atoms with E-state index in [9.17, 15) is 34.0 Å². The molecule has 2 heterocycles. The number of β-lactam (4-membered cyclic amide) rings is 1. The first-order valence-corrected chi connectivity index (χ1v) is 13.6. The Morgan fingerprint density at radius 3 is 2.12 bits per heavy atom. The van der Waals surface area contributed by atoms with Crippen LogP contribution in [0.25, 0.3) is 0 Å². The molecule has 0 aliphatic carbocycles. The van der Waals surface area contributed by atoms with Crippen molar-refractivity contribution in [3.8, 4) is 5.75 Å². The van der Waals surface area contributed by atoms with Gasteiger partial charge in [-0.05, 0) is 72.5 Å². The van der Waals surface area contributed by atoms with Gasteiger partial charge in [0.1, 0.15) is 48.4 Å². The van der Waals surface area contributed by atoms with Gasteiger partial charge in [0.2, 0.25) is 5.91 Å². The molecular weight excluding hydrogens is 552 g/mol. The van der Waals surface area contributed by atoms with E-state index >= 15 is 0 Å². The first kappa shape index (κ1) is 30.0. The SMILES string of the molecule is CO[C@H]1O[C@H](COc2ccc([C@@H]3[C@@H](CC[C@H](O)c4ccc(F)cc4)C(=O)N3c3ccc(F)cc3)cc2)[C@@H](O)[C@H](O)[C@H]1O. The van der Waals surface area contributed by atoms with E-state index in [1.54, 1.807) is 29.2 Å². The molecule has 4 N–H and O–H groups in total. The van der Waals surface area contributed by atoms with E-state index in [0.717, 1.165) is 5.56 Å². The van der Waals surface area contributed by atoms with Crippen LogP contribution in [0.15, 0.2) is 72.8 Å². The predicted octanol–water partition coefficient (Wildman–Crippen LogP) is 3.02. The van der Waals surface area contributed by atoms with Gasteiger partial charge in [0, 0.05) is 12.8 Å². The Morgan fingerprint density at radius 1 is 0.881 bits per heavy atom. The van der Waals surface area contributed by atoms with E-state index in [-0.39, 0.29) is 25.0 Å². The van der Waals surface area contributed by atoms with Gasteiger partial charge < -0.3 is 39.5 Å². The van der Waals surface area contributed by atoms with E-state index in [1.165, 1.54) is 55.6 Å². The summed E-state index contributed by atoms with van der Waals surface area (Å²) >= 11 is 0. The highest BCUT2D eigenvalue weighted by atomic mass is 19.1. The molecule has 2 aliphatic rings. The summed E-state index contributed by atoms with van der Waals surface area (Å²) in [7, 11) is 1.31. The lowest BCUT2D eigenvalue weighted by Crippen LogP contribution is -2.59. The number of anilines is 1. The van der Waals surface area contributed by atoms with Crippen molar-refractivity contribution in [1.82, 2.24) is 0 Å². The number of nitrogens with zero attached hydrogens (tertiary/aromatic N) is 1. The lowest BCUT2D eigenvalue weighted by atomic mass is 9.78. The van der Waals surface area contributed by atoms with Crippen LogP contribution in [0.5, 0.6) is 5.75 Å². The molecular formula is C31H33F2NO8. The van der Waals surface area contributed by atoms with E-state index in [1.807, 2.05) is 0 Å². The Kier molecular flexibility index (Phi) is 9.16. The highest BCUT2D eigenvalue weighted by Crippen LogP contribution is 2.46. The predicted molar refractivity (Wildman–Crippen MR) is 146 cm³/mol. The number of amides is 1. The van der Waals surface area contributed by atoms with Gasteiger partial charge in [-0.2, -0.15) is 0 Å². The van der Waals surface area contributed by atoms with Gasteiger partial charge in [-0.25, -0.2) is 8.78 Å². The van der Waals surface area contributed by atoms with E-state index in [0.29, 0.717) is 23.4 Å². The van der Waals surface area contributed by atoms with Gasteiger partial charge in [0.05, 0.1) is 18.1 Å². The van der Waals surface area contributed by atoms with Crippen molar-refractivity contribution in [3.05, 3.63) is 95.6 Å². The Morgan fingerprint density at radius 2 is 1.50 bits per heavy atom. The minimum absolute atomic E-state index is 0.127. The standard InChI is InChI=1S/C31H33F2NO8/c1-40-31-29(38)28(37)27(36)25(42-31)16-41-22-12-4-18(5-13-22)26-23(14-15-24(35)17-2-6-19(32)7-3-17)30(39)34(26)21-10-8-20(33)9-11-21/h2-13,23-29,31,35-38H,14-16H2,1H3/t23-,24+,25-,26-,27-,28+,29-,31+/m1/s1. The van der Waals surface area contributed by atoms with Gasteiger partial charge in [-0.3, -0.25) is 4.79 Å². The number of hydrogen-bond acceptors (Lipinski definition) is 8. The topological polar surface area (TPSA) is 129 Å². The second kappa shape index (κ2) is 12.8. The summed E-state index contributed by atoms with van der Waals surface area (Å²) in [6.07, 6.45) is -6.56. The van der Waals surface area contributed by atoms with Crippen LogP contribution in [0, 0.1) is 17.6 Å². The van der Waals surface area contributed by atoms with Crippen LogP contribution < -0.4 is 9.64 Å². The second-order valence-corrected chi connectivity index (χ2v) is 10.5. The van der Waals surface area contributed by atoms with Crippen LogP contribution in [0.3, 0.4) is 0 Å². The molecule has 0 spiro atoms. The zero-order valence-electron chi connectivity index (χ0n) is 22.8. The fraction of sp³-hybridized carbons (Fsp3) is 0.387. The summed E-state index contributed by atoms with van der Waals surface area (Å²) in [5, 5.41) is 40.9. The number of carbonyl (C=O) groups excluding carboxylic acids is 1. The average molecular weight is 586 g/mol. The number of carbonyl (C=O) groups is 1. The number of aliphatic hydroxyl groups is 4. The van der Waals surface area contributed by atoms with Crippen molar-refractivity contribution in [2.75, 3.05) is 18.6 Å². The molecule has 42 heavy (non-hydrogen) atoms. The summed E-state index contributed by atoms with van der Waals surface area (Å²) in [6, 6.07) is 17.8. The van der Waals surface area contributed by atoms with Crippen LogP contribution in [-0.2, 0) is 14.3 Å². The molecule has 0 radical (unpaired) electrons. The molecule has 2 fully saturated rings. The second-order valence-electron chi connectivity index (χ2n) is 10.5. The highest BCUT2D eigenvalue weighted by Gasteiger charge is 2.48. The molecule has 9 nitrogen and oxygen atoms in total. The Labute approximate surface area is 241 Å². The molecule has 5 rings (SSSR count). The first-order valence-electron chi connectivity index (χ1n) is 13.6. The van der Waals surface area contributed by atoms with E-state index in [4.69, 9.17) is 14.2 Å².